The molecule has 2 rings (SSSR count). The van der Waals surface area contributed by atoms with Gasteiger partial charge in [0.25, 0.3) is 0 Å². The van der Waals surface area contributed by atoms with Crippen molar-refractivity contribution >= 4 is 28.9 Å². The molecule has 0 atom stereocenters. The summed E-state index contributed by atoms with van der Waals surface area (Å²) in [5.74, 6) is 0.370. The Morgan fingerprint density at radius 2 is 2.32 bits per heavy atom. The van der Waals surface area contributed by atoms with Gasteiger partial charge in [-0.15, -0.1) is 16.4 Å². The van der Waals surface area contributed by atoms with E-state index in [2.05, 4.69) is 10.2 Å². The van der Waals surface area contributed by atoms with E-state index < -0.39 is 0 Å². The van der Waals surface area contributed by atoms with Gasteiger partial charge >= 0.3 is 5.69 Å². The van der Waals surface area contributed by atoms with Gasteiger partial charge in [0.2, 0.25) is 0 Å². The number of aromatic amines is 1. The molecule has 0 saturated carbocycles. The molecule has 0 fully saturated rings. The second-order valence-electron chi connectivity index (χ2n) is 4.09. The van der Waals surface area contributed by atoms with Crippen LogP contribution in [0.3, 0.4) is 0 Å². The van der Waals surface area contributed by atoms with Gasteiger partial charge in [0.05, 0.1) is 10.6 Å². The smallest absolute Gasteiger partial charge is 0.292 e. The van der Waals surface area contributed by atoms with E-state index in [1.54, 1.807) is 4.57 Å². The lowest BCUT2D eigenvalue weighted by atomic mass is 10.3. The summed E-state index contributed by atoms with van der Waals surface area (Å²) in [5.41, 5.74) is -0.219. The van der Waals surface area contributed by atoms with Crippen molar-refractivity contribution in [2.75, 3.05) is 5.75 Å². The van der Waals surface area contributed by atoms with E-state index >= 15 is 0 Å². The van der Waals surface area contributed by atoms with Crippen molar-refractivity contribution < 1.29 is 4.79 Å². The van der Waals surface area contributed by atoms with E-state index in [9.17, 15) is 9.59 Å². The molecule has 2 aromatic rings. The third-order valence-electron chi connectivity index (χ3n) is 2.52. The third kappa shape index (κ3) is 3.36. The van der Waals surface area contributed by atoms with Crippen LogP contribution in [0.5, 0.6) is 0 Å². The Labute approximate surface area is 119 Å². The molecular formula is C12H15N3O2S2. The van der Waals surface area contributed by atoms with Crippen LogP contribution >= 0.6 is 23.1 Å². The standard InChI is InChI=1S/C12H15N3O2S2/c1-3-6-15-11(17)13-14-12(15)18-7-9(16)10-5-4-8(2)19-10/h4-5H,3,6-7H2,1-2H3,(H,13,17). The summed E-state index contributed by atoms with van der Waals surface area (Å²) in [6, 6.07) is 3.77. The number of nitrogens with one attached hydrogen (secondary N) is 1. The zero-order valence-electron chi connectivity index (χ0n) is 10.8. The molecule has 0 aliphatic heterocycles. The lowest BCUT2D eigenvalue weighted by Crippen LogP contribution is -2.17. The van der Waals surface area contributed by atoms with Crippen molar-refractivity contribution in [2.45, 2.75) is 32.0 Å². The lowest BCUT2D eigenvalue weighted by molar-refractivity contribution is 0.102. The topological polar surface area (TPSA) is 67.8 Å². The fraction of sp³-hybridized carbons (Fsp3) is 0.417. The Hall–Kier alpha value is -1.34. The lowest BCUT2D eigenvalue weighted by Gasteiger charge is -2.02. The largest absolute Gasteiger partial charge is 0.343 e. The van der Waals surface area contributed by atoms with E-state index in [-0.39, 0.29) is 11.5 Å². The van der Waals surface area contributed by atoms with E-state index in [1.807, 2.05) is 26.0 Å². The van der Waals surface area contributed by atoms with Gasteiger partial charge in [-0.1, -0.05) is 18.7 Å². The number of Topliss-reactive ketones (excluding diaryl/α,β-unsaturated/α-hetero) is 1. The van der Waals surface area contributed by atoms with Gasteiger partial charge in [0, 0.05) is 11.4 Å². The molecule has 0 unspecified atom stereocenters. The van der Waals surface area contributed by atoms with Crippen LogP contribution in [0.4, 0.5) is 0 Å². The van der Waals surface area contributed by atoms with Gasteiger partial charge in [0.1, 0.15) is 0 Å². The number of ketones is 1. The fourth-order valence-electron chi connectivity index (χ4n) is 1.62. The number of hydrogen-bond donors (Lipinski definition) is 1. The minimum atomic E-state index is -0.219. The summed E-state index contributed by atoms with van der Waals surface area (Å²) in [6.07, 6.45) is 0.852. The summed E-state index contributed by atoms with van der Waals surface area (Å²) in [7, 11) is 0. The number of aryl methyl sites for hydroxylation is 1. The average Bonchev–Trinajstić information content (AvgIpc) is 2.96. The SMILES string of the molecule is CCCn1c(SCC(=O)c2ccc(C)s2)n[nH]c1=O. The molecule has 0 aliphatic rings. The maximum absolute atomic E-state index is 12.0. The monoisotopic (exact) mass is 297 g/mol. The van der Waals surface area contributed by atoms with Crippen LogP contribution in [0.25, 0.3) is 0 Å². The third-order valence-corrected chi connectivity index (χ3v) is 4.54. The Morgan fingerprint density at radius 3 is 2.95 bits per heavy atom. The zero-order chi connectivity index (χ0) is 13.8. The quantitative estimate of drug-likeness (QED) is 0.656. The number of thiophene rings is 1. The molecule has 2 aromatic heterocycles. The first kappa shape index (κ1) is 14.1. The van der Waals surface area contributed by atoms with Crippen LogP contribution in [0.2, 0.25) is 0 Å². The highest BCUT2D eigenvalue weighted by Gasteiger charge is 2.13. The van der Waals surface area contributed by atoms with Crippen molar-refractivity contribution in [3.05, 3.63) is 32.4 Å². The second-order valence-corrected chi connectivity index (χ2v) is 6.32. The Balaban J connectivity index is 2.03. The first-order valence-corrected chi connectivity index (χ1v) is 7.79. The van der Waals surface area contributed by atoms with Crippen molar-refractivity contribution in [1.82, 2.24) is 14.8 Å². The Kier molecular flexibility index (Phi) is 4.60. The van der Waals surface area contributed by atoms with Gasteiger partial charge in [0.15, 0.2) is 10.9 Å². The van der Waals surface area contributed by atoms with Gasteiger partial charge in [-0.2, -0.15) is 0 Å². The molecule has 0 aromatic carbocycles. The van der Waals surface area contributed by atoms with Crippen LogP contribution in [-0.2, 0) is 6.54 Å². The van der Waals surface area contributed by atoms with Gasteiger partial charge in [-0.05, 0) is 25.5 Å². The molecule has 0 amide bonds. The molecule has 1 N–H and O–H groups in total. The molecule has 0 bridgehead atoms. The van der Waals surface area contributed by atoms with E-state index in [4.69, 9.17) is 0 Å². The van der Waals surface area contributed by atoms with E-state index in [1.165, 1.54) is 23.1 Å². The summed E-state index contributed by atoms with van der Waals surface area (Å²) in [5, 5.41) is 6.94. The molecule has 0 saturated heterocycles. The normalized spacial score (nSPS) is 10.8. The highest BCUT2D eigenvalue weighted by atomic mass is 32.2. The summed E-state index contributed by atoms with van der Waals surface area (Å²) >= 11 is 2.79. The first-order valence-electron chi connectivity index (χ1n) is 5.99. The first-order chi connectivity index (χ1) is 9.11. The van der Waals surface area contributed by atoms with Crippen molar-refractivity contribution in [3.63, 3.8) is 0 Å². The molecule has 0 radical (unpaired) electrons. The maximum atomic E-state index is 12.0. The molecule has 0 spiro atoms. The number of aromatic nitrogens is 3. The van der Waals surface area contributed by atoms with Crippen LogP contribution in [-0.4, -0.2) is 26.3 Å². The molecule has 7 heteroatoms. The molecule has 0 aliphatic carbocycles. The number of nitrogens with zero attached hydrogens (tertiary/aromatic N) is 2. The Bertz CT molecular complexity index is 627. The predicted octanol–water partition coefficient (Wildman–Crippen LogP) is 2.33. The summed E-state index contributed by atoms with van der Waals surface area (Å²) in [4.78, 5) is 25.3. The van der Waals surface area contributed by atoms with Crippen LogP contribution in [0.15, 0.2) is 22.1 Å². The van der Waals surface area contributed by atoms with E-state index in [0.717, 1.165) is 16.2 Å². The van der Waals surface area contributed by atoms with Crippen LogP contribution in [0.1, 0.15) is 27.9 Å². The number of carbonyl (C=O) groups excluding carboxylic acids is 1. The minimum absolute atomic E-state index is 0.0709. The minimum Gasteiger partial charge on any atom is -0.292 e. The number of thioether (sulfide) groups is 1. The molecule has 102 valence electrons. The molecule has 2 heterocycles. The van der Waals surface area contributed by atoms with Gasteiger partial charge in [-0.3, -0.25) is 9.36 Å². The average molecular weight is 297 g/mol. The highest BCUT2D eigenvalue weighted by Crippen LogP contribution is 2.20. The van der Waals surface area contributed by atoms with Crippen molar-refractivity contribution in [3.8, 4) is 0 Å². The Morgan fingerprint density at radius 1 is 1.53 bits per heavy atom. The van der Waals surface area contributed by atoms with Gasteiger partial charge < -0.3 is 0 Å². The molecule has 5 nitrogen and oxygen atoms in total. The second kappa shape index (κ2) is 6.21. The number of carbonyl (C=O) groups is 1. The van der Waals surface area contributed by atoms with Crippen molar-refractivity contribution in [2.24, 2.45) is 0 Å². The highest BCUT2D eigenvalue weighted by molar-refractivity contribution is 7.99. The van der Waals surface area contributed by atoms with E-state index in [0.29, 0.717) is 17.5 Å². The summed E-state index contributed by atoms with van der Waals surface area (Å²) in [6.45, 7) is 4.58. The summed E-state index contributed by atoms with van der Waals surface area (Å²) < 4.78 is 1.57. The molecule has 19 heavy (non-hydrogen) atoms. The molecular weight excluding hydrogens is 282 g/mol. The zero-order valence-corrected chi connectivity index (χ0v) is 12.4. The predicted molar refractivity (Wildman–Crippen MR) is 77.2 cm³/mol. The number of rotatable bonds is 6. The van der Waals surface area contributed by atoms with Crippen LogP contribution < -0.4 is 5.69 Å². The van der Waals surface area contributed by atoms with Crippen molar-refractivity contribution in [1.29, 1.82) is 0 Å². The van der Waals surface area contributed by atoms with Gasteiger partial charge in [-0.25, -0.2) is 9.89 Å². The van der Waals surface area contributed by atoms with Crippen LogP contribution in [0, 0.1) is 6.92 Å². The number of hydrogen-bond acceptors (Lipinski definition) is 5. The fourth-order valence-corrected chi connectivity index (χ4v) is 3.37. The maximum Gasteiger partial charge on any atom is 0.343 e. The number of H-pyrrole nitrogens is 1.